The number of hydrogen-bond acceptors (Lipinski definition) is 8. The van der Waals surface area contributed by atoms with Gasteiger partial charge in [0.2, 0.25) is 5.95 Å². The minimum Gasteiger partial charge on any atom is -0.469 e. The van der Waals surface area contributed by atoms with Gasteiger partial charge in [-0.1, -0.05) is 6.07 Å². The van der Waals surface area contributed by atoms with Crippen LogP contribution in [0.5, 0.6) is 5.88 Å². The number of rotatable bonds is 5. The van der Waals surface area contributed by atoms with Crippen molar-refractivity contribution in [3.63, 3.8) is 0 Å². The van der Waals surface area contributed by atoms with Crippen molar-refractivity contribution in [1.82, 2.24) is 24.8 Å². The molecule has 178 valence electrons. The lowest BCUT2D eigenvalue weighted by molar-refractivity contribution is -0.137. The zero-order chi connectivity index (χ0) is 24.1. The van der Waals surface area contributed by atoms with E-state index in [-0.39, 0.29) is 18.2 Å². The predicted molar refractivity (Wildman–Crippen MR) is 117 cm³/mol. The van der Waals surface area contributed by atoms with Crippen LogP contribution in [0.1, 0.15) is 11.3 Å². The second kappa shape index (κ2) is 9.77. The molecule has 4 rings (SSSR count). The number of nitrogens with two attached hydrogens (primary N) is 1. The van der Waals surface area contributed by atoms with Crippen molar-refractivity contribution in [1.29, 1.82) is 0 Å². The molecule has 3 heterocycles. The van der Waals surface area contributed by atoms with E-state index < -0.39 is 17.8 Å². The second-order valence-corrected chi connectivity index (χ2v) is 7.36. The Morgan fingerprint density at radius 2 is 1.82 bits per heavy atom. The first-order valence-corrected chi connectivity index (χ1v) is 10.3. The number of halogens is 3. The molecule has 3 aromatic rings. The van der Waals surface area contributed by atoms with E-state index in [9.17, 15) is 18.0 Å². The van der Waals surface area contributed by atoms with Crippen LogP contribution in [0.3, 0.4) is 0 Å². The molecule has 0 spiro atoms. The Labute approximate surface area is 192 Å². The number of amides is 2. The van der Waals surface area contributed by atoms with Crippen LogP contribution in [0.2, 0.25) is 0 Å². The molecular formula is C21H21F3N8O2. The molecule has 0 saturated carbocycles. The van der Waals surface area contributed by atoms with Gasteiger partial charge >= 0.3 is 12.2 Å². The number of carbonyl (C=O) groups excluding carboxylic acids is 1. The molecule has 1 aliphatic heterocycles. The normalized spacial score (nSPS) is 14.1. The SMILES string of the molecule is Nc1nccc(COc2nccnc2N2CCN(C(=O)Nc3cccc(C(F)(F)F)c3)CC2)n1. The molecule has 0 unspecified atom stereocenters. The number of nitrogens with one attached hydrogen (secondary N) is 1. The summed E-state index contributed by atoms with van der Waals surface area (Å²) in [5.41, 5.74) is 5.43. The number of nitrogen functional groups attached to an aromatic ring is 1. The standard InChI is InChI=1S/C21H21F3N8O2/c22-21(23,24)14-2-1-3-15(12-14)30-20(33)32-10-8-31(9-11-32)17-18(27-7-6-26-17)34-13-16-4-5-28-19(25)29-16/h1-7,12H,8-11,13H2,(H,30,33)(H2,25,28,29). The second-order valence-electron chi connectivity index (χ2n) is 7.36. The number of piperazine rings is 1. The molecule has 2 amide bonds. The van der Waals surface area contributed by atoms with Gasteiger partial charge in [-0.05, 0) is 24.3 Å². The summed E-state index contributed by atoms with van der Waals surface area (Å²) >= 11 is 0. The largest absolute Gasteiger partial charge is 0.469 e. The maximum atomic E-state index is 12.9. The van der Waals surface area contributed by atoms with Crippen LogP contribution >= 0.6 is 0 Å². The van der Waals surface area contributed by atoms with Crippen molar-refractivity contribution in [2.45, 2.75) is 12.8 Å². The molecule has 13 heteroatoms. The van der Waals surface area contributed by atoms with Gasteiger partial charge in [-0.3, -0.25) is 0 Å². The van der Waals surface area contributed by atoms with Crippen molar-refractivity contribution in [3.8, 4) is 5.88 Å². The molecule has 34 heavy (non-hydrogen) atoms. The van der Waals surface area contributed by atoms with Gasteiger partial charge in [0, 0.05) is 50.5 Å². The van der Waals surface area contributed by atoms with E-state index >= 15 is 0 Å². The molecule has 1 aliphatic rings. The quantitative estimate of drug-likeness (QED) is 0.579. The van der Waals surface area contributed by atoms with E-state index in [1.54, 1.807) is 6.07 Å². The molecule has 10 nitrogen and oxygen atoms in total. The van der Waals surface area contributed by atoms with Gasteiger partial charge in [-0.15, -0.1) is 0 Å². The summed E-state index contributed by atoms with van der Waals surface area (Å²) in [6.07, 6.45) is 0.0920. The Kier molecular flexibility index (Phi) is 6.61. The van der Waals surface area contributed by atoms with Gasteiger partial charge in [0.05, 0.1) is 11.3 Å². The molecule has 1 aromatic carbocycles. The van der Waals surface area contributed by atoms with E-state index in [0.29, 0.717) is 43.6 Å². The third kappa shape index (κ3) is 5.60. The van der Waals surface area contributed by atoms with Crippen molar-refractivity contribution in [3.05, 3.63) is 60.2 Å². The highest BCUT2D eigenvalue weighted by Crippen LogP contribution is 2.31. The van der Waals surface area contributed by atoms with Crippen LogP contribution in [-0.4, -0.2) is 57.0 Å². The minimum atomic E-state index is -4.48. The predicted octanol–water partition coefficient (Wildman–Crippen LogP) is 2.80. The fourth-order valence-corrected chi connectivity index (χ4v) is 3.37. The first-order chi connectivity index (χ1) is 16.3. The third-order valence-electron chi connectivity index (χ3n) is 5.04. The fraction of sp³-hybridized carbons (Fsp3) is 0.286. The molecule has 0 radical (unpaired) electrons. The number of alkyl halides is 3. The molecule has 3 N–H and O–H groups in total. The maximum absolute atomic E-state index is 12.9. The summed E-state index contributed by atoms with van der Waals surface area (Å²) in [4.78, 5) is 32.5. The summed E-state index contributed by atoms with van der Waals surface area (Å²) in [5.74, 6) is 0.962. The maximum Gasteiger partial charge on any atom is 0.416 e. The van der Waals surface area contributed by atoms with E-state index in [4.69, 9.17) is 10.5 Å². The summed E-state index contributed by atoms with van der Waals surface area (Å²) < 4.78 is 44.5. The van der Waals surface area contributed by atoms with E-state index in [1.807, 2.05) is 4.90 Å². The van der Waals surface area contributed by atoms with Crippen LogP contribution < -0.4 is 20.7 Å². The minimum absolute atomic E-state index is 0.0808. The summed E-state index contributed by atoms with van der Waals surface area (Å²) in [7, 11) is 0. The van der Waals surface area contributed by atoms with Crippen molar-refractivity contribution in [2.24, 2.45) is 0 Å². The fourth-order valence-electron chi connectivity index (χ4n) is 3.37. The van der Waals surface area contributed by atoms with Crippen molar-refractivity contribution >= 4 is 23.5 Å². The van der Waals surface area contributed by atoms with Crippen LogP contribution in [-0.2, 0) is 12.8 Å². The molecule has 0 aliphatic carbocycles. The average molecular weight is 474 g/mol. The number of nitrogens with zero attached hydrogens (tertiary/aromatic N) is 6. The van der Waals surface area contributed by atoms with Gasteiger partial charge in [-0.2, -0.15) is 13.2 Å². The van der Waals surface area contributed by atoms with Gasteiger partial charge in [0.1, 0.15) is 6.61 Å². The first-order valence-electron chi connectivity index (χ1n) is 10.3. The number of aromatic nitrogens is 4. The highest BCUT2D eigenvalue weighted by atomic mass is 19.4. The summed E-state index contributed by atoms with van der Waals surface area (Å²) in [6, 6.07) is 5.72. The Hall–Kier alpha value is -4.16. The molecule has 1 fully saturated rings. The van der Waals surface area contributed by atoms with Crippen LogP contribution in [0.15, 0.2) is 48.9 Å². The Morgan fingerprint density at radius 3 is 2.56 bits per heavy atom. The highest BCUT2D eigenvalue weighted by Gasteiger charge is 2.31. The lowest BCUT2D eigenvalue weighted by atomic mass is 10.2. The molecule has 2 aromatic heterocycles. The zero-order valence-electron chi connectivity index (χ0n) is 17.9. The summed E-state index contributed by atoms with van der Waals surface area (Å²) in [5, 5.41) is 2.53. The Morgan fingerprint density at radius 1 is 1.06 bits per heavy atom. The van der Waals surface area contributed by atoms with E-state index in [0.717, 1.165) is 12.1 Å². The number of benzene rings is 1. The van der Waals surface area contributed by atoms with Crippen LogP contribution in [0.4, 0.5) is 35.4 Å². The Balaban J connectivity index is 1.35. The smallest absolute Gasteiger partial charge is 0.416 e. The number of carbonyl (C=O) groups is 1. The molecule has 1 saturated heterocycles. The average Bonchev–Trinajstić information content (AvgIpc) is 2.83. The lowest BCUT2D eigenvalue weighted by Crippen LogP contribution is -2.50. The van der Waals surface area contributed by atoms with Gasteiger partial charge in [-0.25, -0.2) is 24.7 Å². The number of anilines is 3. The number of ether oxygens (including phenoxy) is 1. The van der Waals surface area contributed by atoms with Gasteiger partial charge < -0.3 is 25.6 Å². The monoisotopic (exact) mass is 474 g/mol. The zero-order valence-corrected chi connectivity index (χ0v) is 17.9. The van der Waals surface area contributed by atoms with Crippen LogP contribution in [0, 0.1) is 0 Å². The Bertz CT molecular complexity index is 1150. The number of hydrogen-bond donors (Lipinski definition) is 2. The van der Waals surface area contributed by atoms with Crippen molar-refractivity contribution in [2.75, 3.05) is 42.1 Å². The van der Waals surface area contributed by atoms with Crippen molar-refractivity contribution < 1.29 is 22.7 Å². The lowest BCUT2D eigenvalue weighted by Gasteiger charge is -2.35. The summed E-state index contributed by atoms with van der Waals surface area (Å²) in [6.45, 7) is 1.67. The first kappa shape index (κ1) is 23.0. The van der Waals surface area contributed by atoms with E-state index in [2.05, 4.69) is 25.3 Å². The third-order valence-corrected chi connectivity index (χ3v) is 5.04. The van der Waals surface area contributed by atoms with E-state index in [1.165, 1.54) is 35.6 Å². The van der Waals surface area contributed by atoms with Gasteiger partial charge in [0.25, 0.3) is 5.88 Å². The molecule has 0 bridgehead atoms. The number of urea groups is 1. The van der Waals surface area contributed by atoms with Gasteiger partial charge in [0.15, 0.2) is 5.82 Å². The molecule has 0 atom stereocenters. The molecular weight excluding hydrogens is 453 g/mol. The topological polar surface area (TPSA) is 122 Å². The van der Waals surface area contributed by atoms with Crippen LogP contribution in [0.25, 0.3) is 0 Å². The highest BCUT2D eigenvalue weighted by molar-refractivity contribution is 5.89.